The molecule has 1 N–H and O–H groups in total. The second kappa shape index (κ2) is 9.10. The number of ether oxygens (including phenoxy) is 1. The molecule has 0 saturated carbocycles. The standard InChI is InChI=1S/C23H29N3O4/c1-16(26-22(28)19-8-4-5-9-20(19)23(26)29)21(27)24-14-17-6-2-3-7-18(17)15-25-10-12-30-13-11-25/h2-7,16,19-20H,8-15H2,1H3,(H,24,27)/t16-,19-,20-/m1/s1. The Labute approximate surface area is 177 Å². The van der Waals surface area contributed by atoms with E-state index in [-0.39, 0.29) is 29.6 Å². The summed E-state index contributed by atoms with van der Waals surface area (Å²) in [4.78, 5) is 41.8. The molecule has 7 heteroatoms. The van der Waals surface area contributed by atoms with Gasteiger partial charge in [-0.1, -0.05) is 36.4 Å². The predicted molar refractivity (Wildman–Crippen MR) is 111 cm³/mol. The van der Waals surface area contributed by atoms with Crippen LogP contribution in [0, 0.1) is 11.8 Å². The van der Waals surface area contributed by atoms with E-state index in [2.05, 4.69) is 16.3 Å². The number of imide groups is 1. The molecule has 3 aliphatic rings. The largest absolute Gasteiger partial charge is 0.379 e. The average Bonchev–Trinajstić information content (AvgIpc) is 3.03. The van der Waals surface area contributed by atoms with E-state index in [4.69, 9.17) is 4.74 Å². The summed E-state index contributed by atoms with van der Waals surface area (Å²) in [5.74, 6) is -1.36. The minimum absolute atomic E-state index is 0.218. The van der Waals surface area contributed by atoms with Gasteiger partial charge in [0.15, 0.2) is 0 Å². The van der Waals surface area contributed by atoms with Crippen LogP contribution in [0.4, 0.5) is 0 Å². The molecule has 0 spiro atoms. The summed E-state index contributed by atoms with van der Waals surface area (Å²) in [7, 11) is 0. The summed E-state index contributed by atoms with van der Waals surface area (Å²) in [6, 6.07) is 7.24. The van der Waals surface area contributed by atoms with Gasteiger partial charge in [-0.25, -0.2) is 0 Å². The van der Waals surface area contributed by atoms with E-state index in [0.29, 0.717) is 19.4 Å². The van der Waals surface area contributed by atoms with Crippen molar-refractivity contribution in [1.29, 1.82) is 0 Å². The lowest BCUT2D eigenvalue weighted by Crippen LogP contribution is -2.48. The summed E-state index contributed by atoms with van der Waals surface area (Å²) in [6.45, 7) is 6.09. The molecule has 0 unspecified atom stereocenters. The van der Waals surface area contributed by atoms with Crippen LogP contribution in [0.1, 0.15) is 30.9 Å². The minimum atomic E-state index is -0.804. The number of fused-ring (bicyclic) bond motifs is 1. The van der Waals surface area contributed by atoms with Crippen LogP contribution in [-0.4, -0.2) is 59.9 Å². The zero-order chi connectivity index (χ0) is 21.1. The molecule has 2 saturated heterocycles. The predicted octanol–water partition coefficient (Wildman–Crippen LogP) is 1.47. The maximum absolute atomic E-state index is 12.8. The number of nitrogens with zero attached hydrogens (tertiary/aromatic N) is 2. The molecule has 1 aromatic carbocycles. The lowest BCUT2D eigenvalue weighted by atomic mass is 9.85. The van der Waals surface area contributed by atoms with Crippen molar-refractivity contribution in [2.24, 2.45) is 11.8 Å². The van der Waals surface area contributed by atoms with Gasteiger partial charge in [0.2, 0.25) is 17.7 Å². The van der Waals surface area contributed by atoms with E-state index in [9.17, 15) is 14.4 Å². The third kappa shape index (κ3) is 4.18. The lowest BCUT2D eigenvalue weighted by molar-refractivity contribution is -0.147. The summed E-state index contributed by atoms with van der Waals surface area (Å²) < 4.78 is 5.41. The van der Waals surface area contributed by atoms with Gasteiger partial charge in [0, 0.05) is 26.2 Å². The van der Waals surface area contributed by atoms with Gasteiger partial charge in [-0.3, -0.25) is 24.2 Å². The van der Waals surface area contributed by atoms with Gasteiger partial charge < -0.3 is 10.1 Å². The fourth-order valence-corrected chi connectivity index (χ4v) is 4.54. The number of likely N-dealkylation sites (tertiary alicyclic amines) is 1. The SMILES string of the molecule is C[C@H](C(=O)NCc1ccccc1CN1CCOCC1)N1C(=O)[C@@H]2CC=CC[C@H]2C1=O. The van der Waals surface area contributed by atoms with Crippen molar-refractivity contribution in [2.75, 3.05) is 26.3 Å². The van der Waals surface area contributed by atoms with Crippen molar-refractivity contribution in [3.8, 4) is 0 Å². The molecular formula is C23H29N3O4. The molecule has 1 aromatic rings. The fourth-order valence-electron chi connectivity index (χ4n) is 4.54. The number of amides is 3. The number of hydrogen-bond donors (Lipinski definition) is 1. The molecule has 4 rings (SSSR count). The number of nitrogens with one attached hydrogen (secondary N) is 1. The molecule has 7 nitrogen and oxygen atoms in total. The second-order valence-corrected chi connectivity index (χ2v) is 8.25. The van der Waals surface area contributed by atoms with Crippen LogP contribution in [0.2, 0.25) is 0 Å². The van der Waals surface area contributed by atoms with Crippen LogP contribution in [0.3, 0.4) is 0 Å². The number of hydrogen-bond acceptors (Lipinski definition) is 5. The molecule has 0 bridgehead atoms. The van der Waals surface area contributed by atoms with Crippen molar-refractivity contribution in [2.45, 2.75) is 38.9 Å². The molecule has 0 aromatic heterocycles. The van der Waals surface area contributed by atoms with Gasteiger partial charge >= 0.3 is 0 Å². The van der Waals surface area contributed by atoms with Crippen LogP contribution in [0.15, 0.2) is 36.4 Å². The average molecular weight is 412 g/mol. The Balaban J connectivity index is 1.38. The number of rotatable bonds is 6. The molecule has 2 heterocycles. The molecule has 2 fully saturated rings. The molecule has 0 radical (unpaired) electrons. The van der Waals surface area contributed by atoms with Gasteiger partial charge in [0.05, 0.1) is 25.0 Å². The Morgan fingerprint density at radius 2 is 1.67 bits per heavy atom. The monoisotopic (exact) mass is 411 g/mol. The third-order valence-corrected chi connectivity index (χ3v) is 6.38. The quantitative estimate of drug-likeness (QED) is 0.567. The van der Waals surface area contributed by atoms with Crippen molar-refractivity contribution < 1.29 is 19.1 Å². The van der Waals surface area contributed by atoms with Crippen molar-refractivity contribution in [3.05, 3.63) is 47.5 Å². The number of carbonyl (C=O) groups is 3. The first-order valence-corrected chi connectivity index (χ1v) is 10.7. The lowest BCUT2D eigenvalue weighted by Gasteiger charge is -2.27. The highest BCUT2D eigenvalue weighted by Crippen LogP contribution is 2.36. The summed E-state index contributed by atoms with van der Waals surface area (Å²) >= 11 is 0. The van der Waals surface area contributed by atoms with E-state index in [0.717, 1.165) is 44.0 Å². The number of morpholine rings is 1. The van der Waals surface area contributed by atoms with Gasteiger partial charge in [0.1, 0.15) is 6.04 Å². The first-order chi connectivity index (χ1) is 14.6. The highest BCUT2D eigenvalue weighted by atomic mass is 16.5. The normalized spacial score (nSPS) is 25.3. The highest BCUT2D eigenvalue weighted by Gasteiger charge is 2.50. The zero-order valence-corrected chi connectivity index (χ0v) is 17.4. The van der Waals surface area contributed by atoms with Gasteiger partial charge in [-0.05, 0) is 30.9 Å². The van der Waals surface area contributed by atoms with E-state index >= 15 is 0 Å². The first kappa shape index (κ1) is 20.8. The van der Waals surface area contributed by atoms with Crippen LogP contribution >= 0.6 is 0 Å². The minimum Gasteiger partial charge on any atom is -0.379 e. The van der Waals surface area contributed by atoms with Gasteiger partial charge in [-0.2, -0.15) is 0 Å². The Hall–Kier alpha value is -2.51. The fraction of sp³-hybridized carbons (Fsp3) is 0.522. The molecule has 2 aliphatic heterocycles. The Bertz CT molecular complexity index is 821. The van der Waals surface area contributed by atoms with Crippen LogP contribution < -0.4 is 5.32 Å². The van der Waals surface area contributed by atoms with E-state index in [1.165, 1.54) is 4.90 Å². The number of allylic oxidation sites excluding steroid dienone is 2. The Morgan fingerprint density at radius 1 is 1.07 bits per heavy atom. The van der Waals surface area contributed by atoms with E-state index in [1.54, 1.807) is 6.92 Å². The Kier molecular flexibility index (Phi) is 6.29. The molecular weight excluding hydrogens is 382 g/mol. The highest BCUT2D eigenvalue weighted by molar-refractivity contribution is 6.08. The van der Waals surface area contributed by atoms with Gasteiger partial charge in [-0.15, -0.1) is 0 Å². The van der Waals surface area contributed by atoms with Gasteiger partial charge in [0.25, 0.3) is 0 Å². The molecule has 1 aliphatic carbocycles. The van der Waals surface area contributed by atoms with E-state index < -0.39 is 6.04 Å². The molecule has 3 amide bonds. The number of carbonyl (C=O) groups excluding carboxylic acids is 3. The third-order valence-electron chi connectivity index (χ3n) is 6.38. The second-order valence-electron chi connectivity index (χ2n) is 8.25. The Morgan fingerprint density at radius 3 is 2.30 bits per heavy atom. The smallest absolute Gasteiger partial charge is 0.243 e. The maximum Gasteiger partial charge on any atom is 0.243 e. The van der Waals surface area contributed by atoms with Crippen molar-refractivity contribution >= 4 is 17.7 Å². The van der Waals surface area contributed by atoms with Crippen LogP contribution in [0.25, 0.3) is 0 Å². The van der Waals surface area contributed by atoms with Crippen LogP contribution in [0.5, 0.6) is 0 Å². The molecule has 3 atom stereocenters. The van der Waals surface area contributed by atoms with Crippen molar-refractivity contribution in [1.82, 2.24) is 15.1 Å². The zero-order valence-electron chi connectivity index (χ0n) is 17.4. The summed E-state index contributed by atoms with van der Waals surface area (Å²) in [6.07, 6.45) is 5.06. The van der Waals surface area contributed by atoms with Crippen molar-refractivity contribution in [3.63, 3.8) is 0 Å². The topological polar surface area (TPSA) is 79.0 Å². The number of benzene rings is 1. The maximum atomic E-state index is 12.8. The van der Waals surface area contributed by atoms with Crippen LogP contribution in [-0.2, 0) is 32.2 Å². The first-order valence-electron chi connectivity index (χ1n) is 10.7. The summed E-state index contributed by atoms with van der Waals surface area (Å²) in [5.41, 5.74) is 2.21. The molecule has 30 heavy (non-hydrogen) atoms. The molecule has 160 valence electrons. The summed E-state index contributed by atoms with van der Waals surface area (Å²) in [5, 5.41) is 2.93. The van der Waals surface area contributed by atoms with E-state index in [1.807, 2.05) is 30.4 Å².